The van der Waals surface area contributed by atoms with Crippen LogP contribution in [0.1, 0.15) is 33.0 Å². The average Bonchev–Trinajstić information content (AvgIpc) is 3.38. The van der Waals surface area contributed by atoms with Crippen LogP contribution in [0.4, 0.5) is 11.4 Å². The Balaban J connectivity index is 1.72. The highest BCUT2D eigenvalue weighted by molar-refractivity contribution is 6.13. The molecule has 3 heterocycles. The van der Waals surface area contributed by atoms with Crippen LogP contribution in [-0.2, 0) is 10.6 Å². The number of carbonyl (C=O) groups excluding carboxylic acids is 3. The second-order valence-corrected chi connectivity index (χ2v) is 10.4. The lowest BCUT2D eigenvalue weighted by molar-refractivity contribution is -0.455. The molecule has 21 heteroatoms. The van der Waals surface area contributed by atoms with Crippen molar-refractivity contribution in [2.45, 2.75) is 29.7 Å². The lowest BCUT2D eigenvalue weighted by Gasteiger charge is -2.51. The predicted octanol–water partition coefficient (Wildman–Crippen LogP) is -4.66. The van der Waals surface area contributed by atoms with E-state index in [2.05, 4.69) is 5.10 Å². The van der Waals surface area contributed by atoms with Crippen molar-refractivity contribution in [2.24, 2.45) is 5.73 Å². The number of amides is 3. The Morgan fingerprint density at radius 3 is 1.89 bits per heavy atom. The molecule has 0 atom stereocenters. The molecule has 2 aliphatic rings. The maximum Gasteiger partial charge on any atom is 0.316 e. The number of aromatic nitrogens is 2. The highest BCUT2D eigenvalue weighted by Crippen LogP contribution is 2.59. The molecule has 14 N–H and O–H groups in total. The number of fused-ring (bicyclic) bond motifs is 1. The fraction of sp³-hybridized carbons (Fsp3) is 0.280. The lowest BCUT2D eigenvalue weighted by atomic mass is 9.90. The number of ether oxygens (including phenoxy) is 1. The molecule has 0 unspecified atom stereocenters. The van der Waals surface area contributed by atoms with Gasteiger partial charge in [0.05, 0.1) is 31.3 Å². The number of aromatic hydroxyl groups is 4. The van der Waals surface area contributed by atoms with Crippen molar-refractivity contribution >= 4 is 29.1 Å². The van der Waals surface area contributed by atoms with Crippen LogP contribution in [0.5, 0.6) is 28.7 Å². The van der Waals surface area contributed by atoms with Crippen molar-refractivity contribution in [3.05, 3.63) is 41.2 Å². The number of primary amides is 1. The number of hydrogen-bond acceptors (Lipinski definition) is 17. The number of phenolic OH excluding ortho intramolecular Hbond substituents is 4. The minimum Gasteiger partial charge on any atom is -0.503 e. The van der Waals surface area contributed by atoms with Gasteiger partial charge in [-0.15, -0.1) is 0 Å². The molecule has 1 saturated heterocycles. The number of methoxy groups -OCH3 is 1. The number of piperidine rings is 1. The van der Waals surface area contributed by atoms with E-state index in [4.69, 9.17) is 10.5 Å². The molecule has 3 amide bonds. The van der Waals surface area contributed by atoms with Gasteiger partial charge >= 0.3 is 5.91 Å². The maximum absolute atomic E-state index is 13.9. The number of nitrogens with zero attached hydrogens (tertiary/aromatic N) is 4. The van der Waals surface area contributed by atoms with Crippen molar-refractivity contribution in [1.29, 1.82) is 0 Å². The summed E-state index contributed by atoms with van der Waals surface area (Å²) in [6.45, 7) is -1.35. The zero-order valence-corrected chi connectivity index (χ0v) is 23.1. The quantitative estimate of drug-likeness (QED) is 0.0700. The highest BCUT2D eigenvalue weighted by atomic mass is 16.7. The topological polar surface area (TPSA) is 354 Å². The molecule has 2 aromatic carbocycles. The summed E-state index contributed by atoms with van der Waals surface area (Å²) in [5, 5.41) is 130. The summed E-state index contributed by atoms with van der Waals surface area (Å²) in [6, 6.07) is 5.49. The number of β-amino-alcohol motifs (C(OH)–C–C–N with tert-alkyl or cyclic N) is 2. The molecule has 46 heavy (non-hydrogen) atoms. The summed E-state index contributed by atoms with van der Waals surface area (Å²) < 4.78 is 5.82. The Hall–Kier alpha value is -5.26. The molecule has 0 spiro atoms. The van der Waals surface area contributed by atoms with Crippen molar-refractivity contribution in [2.75, 3.05) is 23.5 Å². The number of phenols is 4. The number of carbonyl (C=O) groups is 3. The molecule has 246 valence electrons. The summed E-state index contributed by atoms with van der Waals surface area (Å²) in [6.07, 6.45) is -1.71. The number of hydrogen-bond donors (Lipinski definition) is 13. The SMILES string of the molecule is COc1ccc(-n2nc(C(N)=O)c3c2C(=O)N(c2c(O)c(O)c(N4C(=O)CC(O)(O)C(O)(O)C4(O)O)c(O)c2O)CC3(O)O)cc1. The van der Waals surface area contributed by atoms with Gasteiger partial charge in [-0.3, -0.25) is 19.3 Å². The predicted molar refractivity (Wildman–Crippen MR) is 143 cm³/mol. The Labute approximate surface area is 254 Å². The van der Waals surface area contributed by atoms with Gasteiger partial charge in [-0.05, 0) is 24.3 Å². The van der Waals surface area contributed by atoms with E-state index < -0.39 is 110 Å². The first-order valence-corrected chi connectivity index (χ1v) is 12.6. The first kappa shape index (κ1) is 32.1. The van der Waals surface area contributed by atoms with E-state index in [1.807, 2.05) is 0 Å². The van der Waals surface area contributed by atoms with E-state index in [-0.39, 0.29) is 10.6 Å². The molecule has 0 aliphatic carbocycles. The number of benzene rings is 2. The Kier molecular flexibility index (Phi) is 6.90. The first-order valence-electron chi connectivity index (χ1n) is 12.6. The Bertz CT molecular complexity index is 1780. The van der Waals surface area contributed by atoms with Crippen LogP contribution in [0.15, 0.2) is 24.3 Å². The minimum atomic E-state index is -4.49. The van der Waals surface area contributed by atoms with Gasteiger partial charge in [0.1, 0.15) is 22.8 Å². The van der Waals surface area contributed by atoms with Gasteiger partial charge in [0, 0.05) is 0 Å². The number of rotatable bonds is 5. The largest absolute Gasteiger partial charge is 0.503 e. The second-order valence-electron chi connectivity index (χ2n) is 10.4. The lowest BCUT2D eigenvalue weighted by Crippen LogP contribution is -2.79. The normalized spacial score (nSPS) is 19.6. The van der Waals surface area contributed by atoms with Crippen molar-refractivity contribution in [3.8, 4) is 34.4 Å². The maximum atomic E-state index is 13.9. The third kappa shape index (κ3) is 4.19. The highest BCUT2D eigenvalue weighted by Gasteiger charge is 2.71. The first-order chi connectivity index (χ1) is 21.1. The van der Waals surface area contributed by atoms with Crippen LogP contribution in [0.25, 0.3) is 5.69 Å². The van der Waals surface area contributed by atoms with Crippen molar-refractivity contribution < 1.29 is 80.4 Å². The monoisotopic (exact) mass is 651 g/mol. The van der Waals surface area contributed by atoms with Gasteiger partial charge in [0.15, 0.2) is 28.7 Å². The minimum absolute atomic E-state index is 0.0243. The molecule has 3 aromatic rings. The summed E-state index contributed by atoms with van der Waals surface area (Å²) in [7, 11) is 1.36. The van der Waals surface area contributed by atoms with Gasteiger partial charge in [-0.2, -0.15) is 5.10 Å². The van der Waals surface area contributed by atoms with Gasteiger partial charge < -0.3 is 71.7 Å². The Morgan fingerprint density at radius 1 is 0.870 bits per heavy atom. The summed E-state index contributed by atoms with van der Waals surface area (Å²) in [5.41, 5.74) is 0.113. The Morgan fingerprint density at radius 2 is 1.39 bits per heavy atom. The van der Waals surface area contributed by atoms with Gasteiger partial charge in [0.25, 0.3) is 17.6 Å². The molecular formula is C25H25N5O16. The number of anilines is 2. The van der Waals surface area contributed by atoms with Crippen molar-refractivity contribution in [1.82, 2.24) is 9.78 Å². The van der Waals surface area contributed by atoms with Crippen LogP contribution in [0.3, 0.4) is 0 Å². The van der Waals surface area contributed by atoms with Crippen LogP contribution in [0, 0.1) is 0 Å². The number of aliphatic hydroxyl groups is 8. The summed E-state index contributed by atoms with van der Waals surface area (Å²) in [5.74, 6) is -27.0. The van der Waals surface area contributed by atoms with Gasteiger partial charge in [0.2, 0.25) is 17.5 Å². The van der Waals surface area contributed by atoms with Crippen LogP contribution >= 0.6 is 0 Å². The van der Waals surface area contributed by atoms with Crippen molar-refractivity contribution in [3.63, 3.8) is 0 Å². The van der Waals surface area contributed by atoms with Crippen LogP contribution in [0.2, 0.25) is 0 Å². The molecule has 0 radical (unpaired) electrons. The third-order valence-corrected chi connectivity index (χ3v) is 7.49. The standard InChI is InChI=1S/C25H25N5O16/c1-46-9-4-2-8(3-5-9)30-13-11(12(27-30)20(26)36)22(38,39)7-28(21(13)37)14-16(32)18(34)15(19(35)17(14)33)29-10(31)6-23(40,41)24(42,43)25(29,44)45/h2-5,32-35,38-45H,6-7H2,1H3,(H2,26,36). The molecule has 0 saturated carbocycles. The van der Waals surface area contributed by atoms with Gasteiger partial charge in [-0.1, -0.05) is 0 Å². The van der Waals surface area contributed by atoms with Crippen LogP contribution < -0.4 is 20.3 Å². The average molecular weight is 651 g/mol. The second kappa shape index (κ2) is 9.87. The van der Waals surface area contributed by atoms with E-state index in [1.165, 1.54) is 31.4 Å². The molecule has 0 bridgehead atoms. The van der Waals surface area contributed by atoms with E-state index in [9.17, 15) is 75.7 Å². The van der Waals surface area contributed by atoms with Gasteiger partial charge in [-0.25, -0.2) is 9.58 Å². The fourth-order valence-corrected chi connectivity index (χ4v) is 5.19. The molecule has 21 nitrogen and oxygen atoms in total. The van der Waals surface area contributed by atoms with E-state index in [0.29, 0.717) is 5.75 Å². The number of nitrogens with two attached hydrogens (primary N) is 1. The summed E-state index contributed by atoms with van der Waals surface area (Å²) >= 11 is 0. The molecule has 1 fully saturated rings. The zero-order chi connectivity index (χ0) is 34.5. The molecular weight excluding hydrogens is 626 g/mol. The molecule has 5 rings (SSSR count). The van der Waals surface area contributed by atoms with E-state index in [1.54, 1.807) is 0 Å². The zero-order valence-electron chi connectivity index (χ0n) is 23.1. The van der Waals surface area contributed by atoms with E-state index >= 15 is 0 Å². The van der Waals surface area contributed by atoms with Crippen LogP contribution in [-0.4, -0.2) is 120 Å². The molecule has 2 aliphatic heterocycles. The summed E-state index contributed by atoms with van der Waals surface area (Å²) in [4.78, 5) is 38.4. The fourth-order valence-electron chi connectivity index (χ4n) is 5.19. The smallest absolute Gasteiger partial charge is 0.316 e. The van der Waals surface area contributed by atoms with E-state index in [0.717, 1.165) is 4.68 Å². The molecule has 1 aromatic heterocycles. The third-order valence-electron chi connectivity index (χ3n) is 7.49.